The fraction of sp³-hybridized carbons (Fsp3) is 0.417. The predicted molar refractivity (Wildman–Crippen MR) is 137 cm³/mol. The van der Waals surface area contributed by atoms with Crippen LogP contribution in [0.1, 0.15) is 30.7 Å². The van der Waals surface area contributed by atoms with E-state index in [2.05, 4.69) is 24.2 Å². The molecule has 0 bridgehead atoms. The number of benzene rings is 2. The van der Waals surface area contributed by atoms with Gasteiger partial charge in [-0.25, -0.2) is 4.68 Å². The van der Waals surface area contributed by atoms with Crippen LogP contribution in [0.2, 0.25) is 0 Å². The lowest BCUT2D eigenvalue weighted by molar-refractivity contribution is 0.0866. The first kappa shape index (κ1) is 26.7. The molecule has 10 heteroatoms. The van der Waals surface area contributed by atoms with Gasteiger partial charge in [-0.3, -0.25) is 0 Å². The molecule has 2 aromatic carbocycles. The Kier molecular flexibility index (Phi) is 9.55. The molecular weight excluding hydrogens is 573 g/mol. The first-order valence-corrected chi connectivity index (χ1v) is 12.4. The van der Waals surface area contributed by atoms with Crippen molar-refractivity contribution in [1.82, 2.24) is 15.0 Å². The van der Waals surface area contributed by atoms with Gasteiger partial charge in [0.05, 0.1) is 24.7 Å². The number of hydrogen-bond acceptors (Lipinski definition) is 7. The number of ether oxygens (including phenoxy) is 2. The molecule has 0 aliphatic carbocycles. The fourth-order valence-corrected chi connectivity index (χ4v) is 4.02. The van der Waals surface area contributed by atoms with Crippen molar-refractivity contribution >= 4 is 34.2 Å². The van der Waals surface area contributed by atoms with Crippen LogP contribution in [-0.4, -0.2) is 61.6 Å². The largest absolute Gasteiger partial charge is 0.491 e. The SMILES string of the molecule is CC(C)(c1ccc(OCC(O)CCl)cc1)c1ccc(OCC(O)Cn2nnc(I)c2CO)cc1. The summed E-state index contributed by atoms with van der Waals surface area (Å²) >= 11 is 7.59. The molecule has 0 saturated carbocycles. The third-order valence-corrected chi connectivity index (χ3v) is 6.73. The van der Waals surface area contributed by atoms with Crippen molar-refractivity contribution in [3.05, 3.63) is 69.1 Å². The smallest absolute Gasteiger partial charge is 0.149 e. The van der Waals surface area contributed by atoms with E-state index in [-0.39, 0.29) is 37.7 Å². The summed E-state index contributed by atoms with van der Waals surface area (Å²) in [6.07, 6.45) is -1.49. The summed E-state index contributed by atoms with van der Waals surface area (Å²) < 4.78 is 13.4. The molecule has 0 radical (unpaired) electrons. The number of aliphatic hydroxyl groups excluding tert-OH is 3. The minimum atomic E-state index is -0.801. The number of alkyl halides is 1. The van der Waals surface area contributed by atoms with Gasteiger partial charge in [-0.05, 0) is 58.0 Å². The molecule has 0 aliphatic heterocycles. The second-order valence-corrected chi connectivity index (χ2v) is 9.76. The Morgan fingerprint density at radius 2 is 1.44 bits per heavy atom. The standard InChI is InChI=1S/C24H29ClIN3O5/c1-24(2,16-3-7-20(8-4-16)33-14-18(31)11-25)17-5-9-21(10-6-17)34-15-19(32)12-29-22(13-30)23(26)27-28-29/h3-10,18-19,30-32H,11-15H2,1-2H3. The third kappa shape index (κ3) is 6.82. The molecule has 0 spiro atoms. The maximum atomic E-state index is 10.3. The highest BCUT2D eigenvalue weighted by atomic mass is 127. The topological polar surface area (TPSA) is 110 Å². The Morgan fingerprint density at radius 1 is 0.941 bits per heavy atom. The summed E-state index contributed by atoms with van der Waals surface area (Å²) in [5.41, 5.74) is 2.54. The van der Waals surface area contributed by atoms with Crippen LogP contribution in [-0.2, 0) is 18.6 Å². The third-order valence-electron chi connectivity index (χ3n) is 5.54. The van der Waals surface area contributed by atoms with Gasteiger partial charge >= 0.3 is 0 Å². The number of nitrogens with zero attached hydrogens (tertiary/aromatic N) is 3. The Hall–Kier alpha value is -1.92. The average Bonchev–Trinajstić information content (AvgIpc) is 3.20. The van der Waals surface area contributed by atoms with E-state index in [1.807, 2.05) is 71.1 Å². The summed E-state index contributed by atoms with van der Waals surface area (Å²) in [6, 6.07) is 15.6. The van der Waals surface area contributed by atoms with Crippen LogP contribution in [0, 0.1) is 3.70 Å². The Balaban J connectivity index is 1.57. The van der Waals surface area contributed by atoms with Crippen LogP contribution in [0.25, 0.3) is 0 Å². The van der Waals surface area contributed by atoms with Gasteiger partial charge in [0.25, 0.3) is 0 Å². The summed E-state index contributed by atoms with van der Waals surface area (Å²) in [4.78, 5) is 0. The van der Waals surface area contributed by atoms with E-state index in [4.69, 9.17) is 21.1 Å². The molecule has 3 aromatic rings. The van der Waals surface area contributed by atoms with Gasteiger partial charge in [0.1, 0.15) is 40.6 Å². The molecule has 3 N–H and O–H groups in total. The molecule has 2 unspecified atom stereocenters. The zero-order chi connectivity index (χ0) is 24.7. The minimum absolute atomic E-state index is 0.0872. The molecule has 2 atom stereocenters. The van der Waals surface area contributed by atoms with E-state index in [0.717, 1.165) is 11.1 Å². The van der Waals surface area contributed by atoms with Gasteiger partial charge in [0, 0.05) is 5.41 Å². The van der Waals surface area contributed by atoms with Crippen LogP contribution >= 0.6 is 34.2 Å². The summed E-state index contributed by atoms with van der Waals surface area (Å²) in [5, 5.41) is 37.1. The van der Waals surface area contributed by atoms with E-state index in [1.54, 1.807) is 0 Å². The Morgan fingerprint density at radius 3 is 1.91 bits per heavy atom. The van der Waals surface area contributed by atoms with Gasteiger partial charge in [0.2, 0.25) is 0 Å². The summed E-state index contributed by atoms with van der Waals surface area (Å²) in [7, 11) is 0. The number of aromatic nitrogens is 3. The van der Waals surface area contributed by atoms with E-state index < -0.39 is 12.2 Å². The average molecular weight is 602 g/mol. The zero-order valence-corrected chi connectivity index (χ0v) is 22.0. The molecule has 8 nitrogen and oxygen atoms in total. The second kappa shape index (κ2) is 12.2. The second-order valence-electron chi connectivity index (χ2n) is 8.42. The molecule has 1 heterocycles. The molecular formula is C24H29ClIN3O5. The predicted octanol–water partition coefficient (Wildman–Crippen LogP) is 3.12. The van der Waals surface area contributed by atoms with Crippen LogP contribution in [0.5, 0.6) is 11.5 Å². The van der Waals surface area contributed by atoms with Gasteiger partial charge in [-0.2, -0.15) is 0 Å². The lowest BCUT2D eigenvalue weighted by Crippen LogP contribution is -2.25. The zero-order valence-electron chi connectivity index (χ0n) is 19.1. The molecule has 0 saturated heterocycles. The normalized spacial score (nSPS) is 13.5. The Bertz CT molecular complexity index is 1040. The van der Waals surface area contributed by atoms with Gasteiger partial charge in [-0.15, -0.1) is 16.7 Å². The first-order chi connectivity index (χ1) is 16.2. The molecule has 3 rings (SSSR count). The lowest BCUT2D eigenvalue weighted by Gasteiger charge is -2.26. The van der Waals surface area contributed by atoms with Crippen molar-refractivity contribution in [3.8, 4) is 11.5 Å². The number of hydrogen-bond donors (Lipinski definition) is 3. The first-order valence-electron chi connectivity index (χ1n) is 10.8. The molecule has 184 valence electrons. The highest BCUT2D eigenvalue weighted by Gasteiger charge is 2.23. The molecule has 0 fully saturated rings. The highest BCUT2D eigenvalue weighted by molar-refractivity contribution is 14.1. The number of halogens is 2. The van der Waals surface area contributed by atoms with Crippen LogP contribution in [0.15, 0.2) is 48.5 Å². The van der Waals surface area contributed by atoms with Crippen molar-refractivity contribution in [2.75, 3.05) is 19.1 Å². The van der Waals surface area contributed by atoms with E-state index in [0.29, 0.717) is 20.9 Å². The molecule has 1 aromatic heterocycles. The van der Waals surface area contributed by atoms with Crippen LogP contribution in [0.3, 0.4) is 0 Å². The summed E-state index contributed by atoms with van der Waals surface area (Å²) in [5.74, 6) is 1.46. The monoisotopic (exact) mass is 601 g/mol. The fourth-order valence-electron chi connectivity index (χ4n) is 3.39. The lowest BCUT2D eigenvalue weighted by atomic mass is 9.78. The minimum Gasteiger partial charge on any atom is -0.491 e. The van der Waals surface area contributed by atoms with Gasteiger partial charge < -0.3 is 24.8 Å². The number of rotatable bonds is 12. The van der Waals surface area contributed by atoms with Crippen molar-refractivity contribution < 1.29 is 24.8 Å². The molecule has 0 amide bonds. The van der Waals surface area contributed by atoms with Crippen LogP contribution < -0.4 is 9.47 Å². The van der Waals surface area contributed by atoms with Crippen molar-refractivity contribution in [3.63, 3.8) is 0 Å². The van der Waals surface area contributed by atoms with Gasteiger partial charge in [-0.1, -0.05) is 43.3 Å². The van der Waals surface area contributed by atoms with E-state index >= 15 is 0 Å². The van der Waals surface area contributed by atoms with E-state index in [9.17, 15) is 15.3 Å². The van der Waals surface area contributed by atoms with E-state index in [1.165, 1.54) is 4.68 Å². The highest BCUT2D eigenvalue weighted by Crippen LogP contribution is 2.33. The van der Waals surface area contributed by atoms with Crippen LogP contribution in [0.4, 0.5) is 0 Å². The summed E-state index contributed by atoms with van der Waals surface area (Å²) in [6.45, 7) is 4.51. The maximum absolute atomic E-state index is 10.3. The molecule has 0 aliphatic rings. The number of aliphatic hydroxyl groups is 3. The van der Waals surface area contributed by atoms with Crippen molar-refractivity contribution in [2.24, 2.45) is 0 Å². The quantitative estimate of drug-likeness (QED) is 0.216. The van der Waals surface area contributed by atoms with Crippen molar-refractivity contribution in [2.45, 2.75) is 44.6 Å². The molecule has 34 heavy (non-hydrogen) atoms. The Labute approximate surface area is 217 Å². The maximum Gasteiger partial charge on any atom is 0.149 e. The van der Waals surface area contributed by atoms with Gasteiger partial charge in [0.15, 0.2) is 0 Å². The van der Waals surface area contributed by atoms with Crippen molar-refractivity contribution in [1.29, 1.82) is 0 Å².